The summed E-state index contributed by atoms with van der Waals surface area (Å²) < 4.78 is 5.26. The maximum atomic E-state index is 12.2. The second kappa shape index (κ2) is 7.40. The highest BCUT2D eigenvalue weighted by Crippen LogP contribution is 2.12. The molecule has 6 nitrogen and oxygen atoms in total. The lowest BCUT2D eigenvalue weighted by Crippen LogP contribution is -2.32. The molecule has 0 aliphatic rings. The van der Waals surface area contributed by atoms with Gasteiger partial charge < -0.3 is 15.8 Å². The Bertz CT molecular complexity index is 698. The number of nitrogens with one attached hydrogen (secondary N) is 1. The Labute approximate surface area is 134 Å². The second-order valence-corrected chi connectivity index (χ2v) is 5.14. The van der Waals surface area contributed by atoms with Crippen molar-refractivity contribution in [3.63, 3.8) is 0 Å². The summed E-state index contributed by atoms with van der Waals surface area (Å²) in [7, 11) is 0. The first-order chi connectivity index (χ1) is 11.0. The molecule has 1 unspecified atom stereocenters. The Hall–Kier alpha value is -2.89. The molecule has 0 bridgehead atoms. The van der Waals surface area contributed by atoms with Gasteiger partial charge in [0.2, 0.25) is 0 Å². The van der Waals surface area contributed by atoms with E-state index >= 15 is 0 Å². The topological polar surface area (TPSA) is 94.3 Å². The zero-order valence-corrected chi connectivity index (χ0v) is 13.1. The molecule has 2 rings (SSSR count). The molecule has 1 amide bonds. The van der Waals surface area contributed by atoms with Crippen molar-refractivity contribution in [2.24, 2.45) is 0 Å². The van der Waals surface area contributed by atoms with Gasteiger partial charge in [0, 0.05) is 11.9 Å². The number of hydrogen-bond acceptors (Lipinski definition) is 5. The molecule has 0 aliphatic carbocycles. The summed E-state index contributed by atoms with van der Waals surface area (Å²) in [5.74, 6) is -0.587. The summed E-state index contributed by atoms with van der Waals surface area (Å²) in [6, 6.07) is 9.95. The fourth-order valence-electron chi connectivity index (χ4n) is 1.93. The minimum atomic E-state index is -0.896. The number of carbonyl (C=O) groups is 2. The van der Waals surface area contributed by atoms with Gasteiger partial charge in [-0.15, -0.1) is 0 Å². The number of esters is 1. The normalized spacial score (nSPS) is 11.6. The van der Waals surface area contributed by atoms with E-state index in [1.54, 1.807) is 37.4 Å². The Morgan fingerprint density at radius 2 is 2.09 bits per heavy atom. The number of amides is 1. The molecule has 120 valence electrons. The van der Waals surface area contributed by atoms with Crippen LogP contribution in [0.5, 0.6) is 0 Å². The number of anilines is 2. The lowest BCUT2D eigenvalue weighted by molar-refractivity contribution is -0.124. The Balaban J connectivity index is 2.02. The number of hydrogen-bond donors (Lipinski definition) is 2. The van der Waals surface area contributed by atoms with Crippen molar-refractivity contribution in [3.05, 3.63) is 53.7 Å². The van der Waals surface area contributed by atoms with Crippen LogP contribution in [0.15, 0.2) is 42.6 Å². The number of nitrogen functional groups attached to an aromatic ring is 1. The van der Waals surface area contributed by atoms with E-state index in [-0.39, 0.29) is 0 Å². The van der Waals surface area contributed by atoms with E-state index in [0.717, 1.165) is 5.56 Å². The van der Waals surface area contributed by atoms with Crippen molar-refractivity contribution in [1.82, 2.24) is 4.98 Å². The summed E-state index contributed by atoms with van der Waals surface area (Å²) in [5, 5.41) is 2.64. The highest BCUT2D eigenvalue weighted by atomic mass is 16.5. The van der Waals surface area contributed by atoms with Crippen LogP contribution >= 0.6 is 0 Å². The Morgan fingerprint density at radius 1 is 1.30 bits per heavy atom. The van der Waals surface area contributed by atoms with Crippen molar-refractivity contribution < 1.29 is 14.3 Å². The van der Waals surface area contributed by atoms with E-state index in [0.29, 0.717) is 23.5 Å². The number of ether oxygens (including phenoxy) is 1. The molecular formula is C17H19N3O3. The third kappa shape index (κ3) is 4.54. The molecule has 0 radical (unpaired) electrons. The third-order valence-electron chi connectivity index (χ3n) is 3.20. The van der Waals surface area contributed by atoms with Crippen LogP contribution in [0.2, 0.25) is 0 Å². The summed E-state index contributed by atoms with van der Waals surface area (Å²) in [6.45, 7) is 3.67. The van der Waals surface area contributed by atoms with Crippen LogP contribution < -0.4 is 11.1 Å². The first-order valence-corrected chi connectivity index (χ1v) is 7.29. The van der Waals surface area contributed by atoms with E-state index < -0.39 is 18.0 Å². The van der Waals surface area contributed by atoms with Gasteiger partial charge in [-0.25, -0.2) is 9.78 Å². The van der Waals surface area contributed by atoms with Gasteiger partial charge in [-0.3, -0.25) is 4.79 Å². The van der Waals surface area contributed by atoms with E-state index in [4.69, 9.17) is 10.5 Å². The van der Waals surface area contributed by atoms with Gasteiger partial charge in [-0.1, -0.05) is 19.1 Å². The van der Waals surface area contributed by atoms with E-state index in [9.17, 15) is 9.59 Å². The van der Waals surface area contributed by atoms with Gasteiger partial charge >= 0.3 is 5.97 Å². The number of pyridine rings is 1. The molecule has 23 heavy (non-hydrogen) atoms. The zero-order chi connectivity index (χ0) is 16.8. The molecule has 0 aliphatic heterocycles. The minimum Gasteiger partial charge on any atom is -0.449 e. The van der Waals surface area contributed by atoms with Gasteiger partial charge in [-0.2, -0.15) is 0 Å². The number of nitrogens with two attached hydrogens (primary N) is 1. The molecule has 3 N–H and O–H groups in total. The van der Waals surface area contributed by atoms with Gasteiger partial charge in [0.05, 0.1) is 5.56 Å². The minimum absolute atomic E-state index is 0.310. The van der Waals surface area contributed by atoms with Crippen LogP contribution in [0.1, 0.15) is 29.3 Å². The summed E-state index contributed by atoms with van der Waals surface area (Å²) in [5.41, 5.74) is 7.40. The average molecular weight is 313 g/mol. The lowest BCUT2D eigenvalue weighted by Gasteiger charge is -2.16. The molecule has 6 heteroatoms. The Morgan fingerprint density at radius 3 is 2.70 bits per heavy atom. The first-order valence-electron chi connectivity index (χ1n) is 7.29. The summed E-state index contributed by atoms with van der Waals surface area (Å²) in [4.78, 5) is 28.4. The SMILES string of the molecule is CCC(OC(=O)c1cccc(N)c1)C(=O)Nc1ccc(C)cn1. The van der Waals surface area contributed by atoms with Crippen LogP contribution in [0.4, 0.5) is 11.5 Å². The molecule has 1 aromatic carbocycles. The fourth-order valence-corrected chi connectivity index (χ4v) is 1.93. The largest absolute Gasteiger partial charge is 0.449 e. The highest BCUT2D eigenvalue weighted by Gasteiger charge is 2.22. The van der Waals surface area contributed by atoms with Crippen LogP contribution in [0.3, 0.4) is 0 Å². The zero-order valence-electron chi connectivity index (χ0n) is 13.1. The van der Waals surface area contributed by atoms with Crippen LogP contribution in [0, 0.1) is 6.92 Å². The number of nitrogens with zero attached hydrogens (tertiary/aromatic N) is 1. The fraction of sp³-hybridized carbons (Fsp3) is 0.235. The molecule has 1 aromatic heterocycles. The smallest absolute Gasteiger partial charge is 0.338 e. The van der Waals surface area contributed by atoms with Crippen molar-refractivity contribution in [2.45, 2.75) is 26.4 Å². The van der Waals surface area contributed by atoms with E-state index in [1.165, 1.54) is 6.07 Å². The van der Waals surface area contributed by atoms with Crippen molar-refractivity contribution >= 4 is 23.4 Å². The standard InChI is InChI=1S/C17H19N3O3/c1-3-14(16(21)20-15-8-7-11(2)10-19-15)23-17(22)12-5-4-6-13(18)9-12/h4-10,14H,3,18H2,1-2H3,(H,19,20,21). The number of aromatic nitrogens is 1. The van der Waals surface area contributed by atoms with E-state index in [2.05, 4.69) is 10.3 Å². The van der Waals surface area contributed by atoms with Crippen LogP contribution in [-0.2, 0) is 9.53 Å². The average Bonchev–Trinajstić information content (AvgIpc) is 2.54. The quantitative estimate of drug-likeness (QED) is 0.653. The predicted molar refractivity (Wildman–Crippen MR) is 88.0 cm³/mol. The summed E-state index contributed by atoms with van der Waals surface area (Å²) >= 11 is 0. The lowest BCUT2D eigenvalue weighted by atomic mass is 10.2. The van der Waals surface area contributed by atoms with Crippen LogP contribution in [0.25, 0.3) is 0 Å². The molecule has 1 heterocycles. The molecular weight excluding hydrogens is 294 g/mol. The van der Waals surface area contributed by atoms with Crippen LogP contribution in [-0.4, -0.2) is 23.0 Å². The number of rotatable bonds is 5. The molecule has 0 saturated carbocycles. The summed E-state index contributed by atoms with van der Waals surface area (Å²) in [6.07, 6.45) is 1.10. The van der Waals surface area contributed by atoms with Gasteiger partial charge in [-0.05, 0) is 43.2 Å². The van der Waals surface area contributed by atoms with Gasteiger partial charge in [0.15, 0.2) is 6.10 Å². The Kier molecular flexibility index (Phi) is 5.30. The number of benzene rings is 1. The van der Waals surface area contributed by atoms with Gasteiger partial charge in [0.25, 0.3) is 5.91 Å². The molecule has 0 saturated heterocycles. The molecule has 0 fully saturated rings. The predicted octanol–water partition coefficient (Wildman–Crippen LogP) is 2.55. The second-order valence-electron chi connectivity index (χ2n) is 5.14. The number of aryl methyl sites for hydroxylation is 1. The molecule has 0 spiro atoms. The van der Waals surface area contributed by atoms with E-state index in [1.807, 2.05) is 13.0 Å². The molecule has 1 atom stereocenters. The van der Waals surface area contributed by atoms with Crippen molar-refractivity contribution in [1.29, 1.82) is 0 Å². The third-order valence-corrected chi connectivity index (χ3v) is 3.20. The monoisotopic (exact) mass is 313 g/mol. The molecule has 2 aromatic rings. The van der Waals surface area contributed by atoms with Crippen molar-refractivity contribution in [2.75, 3.05) is 11.1 Å². The van der Waals surface area contributed by atoms with Gasteiger partial charge in [0.1, 0.15) is 5.82 Å². The van der Waals surface area contributed by atoms with Crippen molar-refractivity contribution in [3.8, 4) is 0 Å². The first kappa shape index (κ1) is 16.5. The number of carbonyl (C=O) groups excluding carboxylic acids is 2. The maximum Gasteiger partial charge on any atom is 0.338 e. The maximum absolute atomic E-state index is 12.2. The highest BCUT2D eigenvalue weighted by molar-refractivity contribution is 5.97.